The predicted octanol–water partition coefficient (Wildman–Crippen LogP) is 4.39. The molecule has 0 radical (unpaired) electrons. The molecule has 1 aliphatic carbocycles. The monoisotopic (exact) mass is 241 g/mol. The molecular formula is C16H16FN. The summed E-state index contributed by atoms with van der Waals surface area (Å²) >= 11 is 0. The number of rotatable bonds is 4. The molecule has 0 heterocycles. The molecule has 1 aliphatic rings. The number of benzene rings is 2. The minimum Gasteiger partial charge on any atom is -0.376 e. The van der Waals surface area contributed by atoms with Crippen LogP contribution < -0.4 is 5.32 Å². The molecule has 0 spiro atoms. The Labute approximate surface area is 107 Å². The van der Waals surface area contributed by atoms with Crippen LogP contribution in [0.3, 0.4) is 0 Å². The van der Waals surface area contributed by atoms with Crippen molar-refractivity contribution in [1.29, 1.82) is 0 Å². The van der Waals surface area contributed by atoms with E-state index < -0.39 is 0 Å². The minimum absolute atomic E-state index is 0.181. The van der Waals surface area contributed by atoms with E-state index in [4.69, 9.17) is 0 Å². The van der Waals surface area contributed by atoms with E-state index >= 15 is 0 Å². The second-order valence-corrected chi connectivity index (χ2v) is 4.85. The van der Waals surface area contributed by atoms with Gasteiger partial charge in [-0.05, 0) is 36.5 Å². The van der Waals surface area contributed by atoms with E-state index in [0.717, 1.165) is 0 Å². The molecule has 92 valence electrons. The number of nitrogens with one attached hydrogen (secondary N) is 1. The number of anilines is 1. The first-order valence-electron chi connectivity index (χ1n) is 6.40. The Bertz CT molecular complexity index is 520. The summed E-state index contributed by atoms with van der Waals surface area (Å²) in [6.45, 7) is 0. The third-order valence-electron chi connectivity index (χ3n) is 3.44. The van der Waals surface area contributed by atoms with Crippen LogP contribution in [0.5, 0.6) is 0 Å². The lowest BCUT2D eigenvalue weighted by atomic mass is 10.0. The molecule has 1 unspecified atom stereocenters. The minimum atomic E-state index is -0.181. The van der Waals surface area contributed by atoms with Crippen molar-refractivity contribution in [3.05, 3.63) is 66.0 Å². The van der Waals surface area contributed by atoms with E-state index in [0.29, 0.717) is 11.6 Å². The summed E-state index contributed by atoms with van der Waals surface area (Å²) < 4.78 is 13.7. The van der Waals surface area contributed by atoms with Gasteiger partial charge in [-0.3, -0.25) is 0 Å². The first-order chi connectivity index (χ1) is 8.84. The topological polar surface area (TPSA) is 12.0 Å². The molecule has 1 fully saturated rings. The smallest absolute Gasteiger partial charge is 0.146 e. The van der Waals surface area contributed by atoms with Crippen LogP contribution in [0.15, 0.2) is 54.6 Å². The van der Waals surface area contributed by atoms with Crippen LogP contribution in [0, 0.1) is 11.7 Å². The zero-order chi connectivity index (χ0) is 12.4. The van der Waals surface area contributed by atoms with Crippen molar-refractivity contribution in [3.8, 4) is 0 Å². The molecule has 1 atom stereocenters. The third-order valence-corrected chi connectivity index (χ3v) is 3.44. The Kier molecular flexibility index (Phi) is 3.01. The van der Waals surface area contributed by atoms with Gasteiger partial charge in [-0.1, -0.05) is 42.5 Å². The zero-order valence-corrected chi connectivity index (χ0v) is 10.1. The van der Waals surface area contributed by atoms with Crippen LogP contribution in [0.2, 0.25) is 0 Å². The van der Waals surface area contributed by atoms with Crippen molar-refractivity contribution in [2.24, 2.45) is 5.92 Å². The van der Waals surface area contributed by atoms with Gasteiger partial charge in [0.05, 0.1) is 11.7 Å². The maximum atomic E-state index is 13.7. The molecule has 0 saturated heterocycles. The Morgan fingerprint density at radius 1 is 0.944 bits per heavy atom. The number of hydrogen-bond donors (Lipinski definition) is 1. The van der Waals surface area contributed by atoms with Crippen molar-refractivity contribution in [3.63, 3.8) is 0 Å². The maximum Gasteiger partial charge on any atom is 0.146 e. The van der Waals surface area contributed by atoms with Crippen molar-refractivity contribution < 1.29 is 4.39 Å². The fraction of sp³-hybridized carbons (Fsp3) is 0.250. The summed E-state index contributed by atoms with van der Waals surface area (Å²) in [6.07, 6.45) is 2.45. The maximum absolute atomic E-state index is 13.7. The molecule has 2 aromatic carbocycles. The highest BCUT2D eigenvalue weighted by Crippen LogP contribution is 2.43. The van der Waals surface area contributed by atoms with Gasteiger partial charge in [-0.25, -0.2) is 4.39 Å². The normalized spacial score (nSPS) is 16.3. The van der Waals surface area contributed by atoms with Gasteiger partial charge in [0.2, 0.25) is 0 Å². The van der Waals surface area contributed by atoms with Gasteiger partial charge in [0.15, 0.2) is 0 Å². The Morgan fingerprint density at radius 2 is 1.61 bits per heavy atom. The standard InChI is InChI=1S/C16H16FN/c17-14-8-4-5-9-15(14)18-16(13-10-11-13)12-6-2-1-3-7-12/h1-9,13,16,18H,10-11H2. The van der Waals surface area contributed by atoms with Crippen LogP contribution in [0.25, 0.3) is 0 Å². The van der Waals surface area contributed by atoms with Gasteiger partial charge in [-0.15, -0.1) is 0 Å². The molecule has 3 rings (SSSR count). The Morgan fingerprint density at radius 3 is 2.28 bits per heavy atom. The van der Waals surface area contributed by atoms with Crippen molar-refractivity contribution in [1.82, 2.24) is 0 Å². The van der Waals surface area contributed by atoms with Gasteiger partial charge < -0.3 is 5.32 Å². The van der Waals surface area contributed by atoms with Crippen molar-refractivity contribution in [2.75, 3.05) is 5.32 Å². The van der Waals surface area contributed by atoms with Crippen LogP contribution in [0.1, 0.15) is 24.4 Å². The molecule has 0 amide bonds. The van der Waals surface area contributed by atoms with E-state index in [1.54, 1.807) is 12.1 Å². The lowest BCUT2D eigenvalue weighted by molar-refractivity contribution is 0.616. The summed E-state index contributed by atoms with van der Waals surface area (Å²) in [5.74, 6) is 0.450. The first kappa shape index (κ1) is 11.3. The van der Waals surface area contributed by atoms with E-state index in [2.05, 4.69) is 17.4 Å². The Hall–Kier alpha value is -1.83. The van der Waals surface area contributed by atoms with Crippen molar-refractivity contribution >= 4 is 5.69 Å². The molecule has 2 aromatic rings. The van der Waals surface area contributed by atoms with Gasteiger partial charge in [0.1, 0.15) is 5.82 Å². The number of hydrogen-bond acceptors (Lipinski definition) is 1. The molecule has 1 N–H and O–H groups in total. The summed E-state index contributed by atoms with van der Waals surface area (Å²) in [5.41, 5.74) is 1.83. The van der Waals surface area contributed by atoms with E-state index in [-0.39, 0.29) is 11.9 Å². The lowest BCUT2D eigenvalue weighted by Gasteiger charge is -2.20. The largest absolute Gasteiger partial charge is 0.376 e. The van der Waals surface area contributed by atoms with E-state index in [1.165, 1.54) is 24.5 Å². The zero-order valence-electron chi connectivity index (χ0n) is 10.1. The molecular weight excluding hydrogens is 225 g/mol. The van der Waals surface area contributed by atoms with Crippen molar-refractivity contribution in [2.45, 2.75) is 18.9 Å². The van der Waals surface area contributed by atoms with E-state index in [1.807, 2.05) is 24.3 Å². The first-order valence-corrected chi connectivity index (χ1v) is 6.40. The van der Waals surface area contributed by atoms with Gasteiger partial charge in [0.25, 0.3) is 0 Å². The number of halogens is 1. The van der Waals surface area contributed by atoms with Gasteiger partial charge in [-0.2, -0.15) is 0 Å². The average Bonchev–Trinajstić information content (AvgIpc) is 3.23. The van der Waals surface area contributed by atoms with Crippen LogP contribution >= 0.6 is 0 Å². The summed E-state index contributed by atoms with van der Waals surface area (Å²) in [5, 5.41) is 3.35. The van der Waals surface area contributed by atoms with Crippen LogP contribution in [-0.4, -0.2) is 0 Å². The van der Waals surface area contributed by atoms with E-state index in [9.17, 15) is 4.39 Å². The highest BCUT2D eigenvalue weighted by Gasteiger charge is 2.32. The highest BCUT2D eigenvalue weighted by molar-refractivity contribution is 5.47. The van der Waals surface area contributed by atoms with Gasteiger partial charge >= 0.3 is 0 Å². The van der Waals surface area contributed by atoms with Crippen LogP contribution in [-0.2, 0) is 0 Å². The SMILES string of the molecule is Fc1ccccc1NC(c1ccccc1)C1CC1. The fourth-order valence-corrected chi connectivity index (χ4v) is 2.31. The average molecular weight is 241 g/mol. The van der Waals surface area contributed by atoms with Crippen LogP contribution in [0.4, 0.5) is 10.1 Å². The predicted molar refractivity (Wildman–Crippen MR) is 71.9 cm³/mol. The third kappa shape index (κ3) is 2.37. The second kappa shape index (κ2) is 4.81. The quantitative estimate of drug-likeness (QED) is 0.837. The molecule has 1 saturated carbocycles. The molecule has 0 bridgehead atoms. The summed E-state index contributed by atoms with van der Waals surface area (Å²) in [7, 11) is 0. The highest BCUT2D eigenvalue weighted by atomic mass is 19.1. The molecule has 1 nitrogen and oxygen atoms in total. The molecule has 0 aliphatic heterocycles. The molecule has 2 heteroatoms. The Balaban J connectivity index is 1.86. The number of para-hydroxylation sites is 1. The lowest BCUT2D eigenvalue weighted by Crippen LogP contribution is -2.13. The van der Waals surface area contributed by atoms with Gasteiger partial charge in [0, 0.05) is 0 Å². The summed E-state index contributed by atoms with van der Waals surface area (Å²) in [4.78, 5) is 0. The second-order valence-electron chi connectivity index (χ2n) is 4.85. The summed E-state index contributed by atoms with van der Waals surface area (Å²) in [6, 6.07) is 17.4. The molecule has 0 aromatic heterocycles. The molecule has 18 heavy (non-hydrogen) atoms. The fourth-order valence-electron chi connectivity index (χ4n) is 2.31.